The maximum Gasteiger partial charge on any atom is 0.259 e. The highest BCUT2D eigenvalue weighted by molar-refractivity contribution is 6.31. The zero-order valence-electron chi connectivity index (χ0n) is 10.4. The van der Waals surface area contributed by atoms with Crippen LogP contribution in [0.15, 0.2) is 48.8 Å². The molecule has 3 N–H and O–H groups in total. The molecule has 0 saturated carbocycles. The highest BCUT2D eigenvalue weighted by Gasteiger charge is 2.13. The molecule has 2 heterocycles. The van der Waals surface area contributed by atoms with Gasteiger partial charge in [0.05, 0.1) is 28.7 Å². The molecule has 20 heavy (non-hydrogen) atoms. The molecule has 6 heteroatoms. The van der Waals surface area contributed by atoms with Crippen LogP contribution in [0.1, 0.15) is 10.4 Å². The molecule has 0 atom stereocenters. The molecule has 1 amide bonds. The predicted octanol–water partition coefficient (Wildman–Crippen LogP) is 2.82. The van der Waals surface area contributed by atoms with Crippen molar-refractivity contribution in [3.63, 3.8) is 0 Å². The number of nitrogen functional groups attached to an aromatic ring is 1. The lowest BCUT2D eigenvalue weighted by Crippen LogP contribution is -2.12. The number of pyridine rings is 1. The molecule has 3 aromatic rings. The van der Waals surface area contributed by atoms with E-state index < -0.39 is 0 Å². The highest BCUT2D eigenvalue weighted by atomic mass is 35.5. The Kier molecular flexibility index (Phi) is 3.04. The first kappa shape index (κ1) is 12.5. The van der Waals surface area contributed by atoms with E-state index in [1.165, 1.54) is 6.20 Å². The lowest BCUT2D eigenvalue weighted by molar-refractivity contribution is 0.102. The summed E-state index contributed by atoms with van der Waals surface area (Å²) in [5.41, 5.74) is 7.98. The Bertz CT molecular complexity index is 797. The number of fused-ring (bicyclic) bond motifs is 1. The lowest BCUT2D eigenvalue weighted by Gasteiger charge is -2.07. The molecule has 100 valence electrons. The number of nitrogens with one attached hydrogen (secondary N) is 1. The van der Waals surface area contributed by atoms with Crippen molar-refractivity contribution in [2.75, 3.05) is 11.1 Å². The second-order valence-corrected chi connectivity index (χ2v) is 4.71. The maximum absolute atomic E-state index is 12.3. The summed E-state index contributed by atoms with van der Waals surface area (Å²) < 4.78 is 1.64. The quantitative estimate of drug-likeness (QED) is 0.712. The normalized spacial score (nSPS) is 10.7. The predicted molar refractivity (Wildman–Crippen MR) is 79.0 cm³/mol. The van der Waals surface area contributed by atoms with Gasteiger partial charge in [-0.2, -0.15) is 5.10 Å². The minimum atomic E-state index is -0.264. The van der Waals surface area contributed by atoms with Gasteiger partial charge in [-0.1, -0.05) is 17.7 Å². The van der Waals surface area contributed by atoms with Crippen molar-refractivity contribution in [3.05, 3.63) is 59.4 Å². The fourth-order valence-corrected chi connectivity index (χ4v) is 2.13. The second kappa shape index (κ2) is 4.86. The van der Waals surface area contributed by atoms with Crippen LogP contribution in [0.2, 0.25) is 5.02 Å². The molecule has 2 aromatic heterocycles. The molecular formula is C14H11ClN4O. The molecule has 3 rings (SSSR count). The SMILES string of the molecule is Nc1cc(Cl)ccc1NC(=O)c1cnn2ccccc12. The van der Waals surface area contributed by atoms with Gasteiger partial charge >= 0.3 is 0 Å². The van der Waals surface area contributed by atoms with Gasteiger partial charge in [-0.3, -0.25) is 4.79 Å². The van der Waals surface area contributed by atoms with Gasteiger partial charge in [0.25, 0.3) is 5.91 Å². The number of carbonyl (C=O) groups is 1. The number of hydrogen-bond donors (Lipinski definition) is 2. The van der Waals surface area contributed by atoms with Gasteiger partial charge in [-0.25, -0.2) is 4.52 Å². The first-order valence-electron chi connectivity index (χ1n) is 5.94. The fraction of sp³-hybridized carbons (Fsp3) is 0. The van der Waals surface area contributed by atoms with Crippen molar-refractivity contribution in [1.82, 2.24) is 9.61 Å². The highest BCUT2D eigenvalue weighted by Crippen LogP contribution is 2.23. The number of anilines is 2. The molecule has 0 spiro atoms. The average molecular weight is 287 g/mol. The van der Waals surface area contributed by atoms with Crippen molar-refractivity contribution in [3.8, 4) is 0 Å². The Morgan fingerprint density at radius 2 is 2.15 bits per heavy atom. The van der Waals surface area contributed by atoms with Crippen LogP contribution in [-0.4, -0.2) is 15.5 Å². The van der Waals surface area contributed by atoms with Gasteiger partial charge < -0.3 is 11.1 Å². The number of nitrogens with zero attached hydrogens (tertiary/aromatic N) is 2. The molecule has 0 saturated heterocycles. The third-order valence-electron chi connectivity index (χ3n) is 2.93. The summed E-state index contributed by atoms with van der Waals surface area (Å²) in [6.45, 7) is 0. The van der Waals surface area contributed by atoms with Gasteiger partial charge in [-0.15, -0.1) is 0 Å². The van der Waals surface area contributed by atoms with Gasteiger partial charge in [0.1, 0.15) is 0 Å². The Balaban J connectivity index is 1.93. The standard InChI is InChI=1S/C14H11ClN4O/c15-9-4-5-12(11(16)7-9)18-14(20)10-8-17-19-6-2-1-3-13(10)19/h1-8H,16H2,(H,18,20). The Morgan fingerprint density at radius 1 is 1.30 bits per heavy atom. The van der Waals surface area contributed by atoms with Crippen LogP contribution in [0.25, 0.3) is 5.52 Å². The summed E-state index contributed by atoms with van der Waals surface area (Å²) in [5.74, 6) is -0.264. The van der Waals surface area contributed by atoms with Crippen LogP contribution in [-0.2, 0) is 0 Å². The largest absolute Gasteiger partial charge is 0.397 e. The van der Waals surface area contributed by atoms with E-state index in [-0.39, 0.29) is 5.91 Å². The number of benzene rings is 1. The number of nitrogens with two attached hydrogens (primary N) is 1. The number of amides is 1. The fourth-order valence-electron chi connectivity index (χ4n) is 1.95. The maximum atomic E-state index is 12.3. The molecule has 5 nitrogen and oxygen atoms in total. The molecule has 0 aliphatic rings. The third kappa shape index (κ3) is 2.19. The zero-order chi connectivity index (χ0) is 14.1. The van der Waals surface area contributed by atoms with Crippen LogP contribution in [0, 0.1) is 0 Å². The topological polar surface area (TPSA) is 72.4 Å². The summed E-state index contributed by atoms with van der Waals surface area (Å²) in [5, 5.41) is 7.40. The first-order valence-corrected chi connectivity index (χ1v) is 6.32. The molecule has 0 bridgehead atoms. The third-order valence-corrected chi connectivity index (χ3v) is 3.17. The number of aromatic nitrogens is 2. The van der Waals surface area contributed by atoms with Crippen LogP contribution in [0.4, 0.5) is 11.4 Å². The number of rotatable bonds is 2. The van der Waals surface area contributed by atoms with Gasteiger partial charge in [-0.05, 0) is 30.3 Å². The Labute approximate surface area is 120 Å². The van der Waals surface area contributed by atoms with Crippen molar-refractivity contribution >= 4 is 34.4 Å². The monoisotopic (exact) mass is 286 g/mol. The number of hydrogen-bond acceptors (Lipinski definition) is 3. The second-order valence-electron chi connectivity index (χ2n) is 4.27. The summed E-state index contributed by atoms with van der Waals surface area (Å²) in [4.78, 5) is 12.3. The summed E-state index contributed by atoms with van der Waals surface area (Å²) >= 11 is 5.83. The van der Waals surface area contributed by atoms with E-state index in [1.807, 2.05) is 18.2 Å². The molecule has 0 unspecified atom stereocenters. The number of halogens is 1. The minimum Gasteiger partial charge on any atom is -0.397 e. The summed E-state index contributed by atoms with van der Waals surface area (Å²) in [7, 11) is 0. The van der Waals surface area contributed by atoms with Crippen molar-refractivity contribution in [1.29, 1.82) is 0 Å². The van der Waals surface area contributed by atoms with Crippen molar-refractivity contribution in [2.24, 2.45) is 0 Å². The molecule has 0 radical (unpaired) electrons. The first-order chi connectivity index (χ1) is 9.65. The molecule has 0 aliphatic carbocycles. The van der Waals surface area contributed by atoms with Crippen molar-refractivity contribution in [2.45, 2.75) is 0 Å². The van der Waals surface area contributed by atoms with Gasteiger partial charge in [0, 0.05) is 11.2 Å². The summed E-state index contributed by atoms with van der Waals surface area (Å²) in [6, 6.07) is 10.5. The van der Waals surface area contributed by atoms with Crippen LogP contribution < -0.4 is 11.1 Å². The van der Waals surface area contributed by atoms with E-state index in [4.69, 9.17) is 17.3 Å². The smallest absolute Gasteiger partial charge is 0.259 e. The Hall–Kier alpha value is -2.53. The van der Waals surface area contributed by atoms with E-state index >= 15 is 0 Å². The summed E-state index contributed by atoms with van der Waals surface area (Å²) in [6.07, 6.45) is 3.31. The lowest BCUT2D eigenvalue weighted by atomic mass is 10.2. The van der Waals surface area contributed by atoms with E-state index in [0.717, 1.165) is 5.52 Å². The van der Waals surface area contributed by atoms with Crippen LogP contribution >= 0.6 is 11.6 Å². The molecule has 0 fully saturated rings. The molecular weight excluding hydrogens is 276 g/mol. The zero-order valence-corrected chi connectivity index (χ0v) is 11.1. The van der Waals surface area contributed by atoms with E-state index in [0.29, 0.717) is 22.0 Å². The van der Waals surface area contributed by atoms with Crippen LogP contribution in [0.5, 0.6) is 0 Å². The van der Waals surface area contributed by atoms with Gasteiger partial charge in [0.15, 0.2) is 0 Å². The van der Waals surface area contributed by atoms with Crippen molar-refractivity contribution < 1.29 is 4.79 Å². The van der Waals surface area contributed by atoms with Gasteiger partial charge in [0.2, 0.25) is 0 Å². The van der Waals surface area contributed by atoms with E-state index in [2.05, 4.69) is 10.4 Å². The Morgan fingerprint density at radius 3 is 2.95 bits per heavy atom. The number of carbonyl (C=O) groups excluding carboxylic acids is 1. The molecule has 0 aliphatic heterocycles. The van der Waals surface area contributed by atoms with Crippen LogP contribution in [0.3, 0.4) is 0 Å². The average Bonchev–Trinajstić information content (AvgIpc) is 2.86. The molecule has 1 aromatic carbocycles. The van der Waals surface area contributed by atoms with E-state index in [1.54, 1.807) is 28.9 Å². The minimum absolute atomic E-state index is 0.264. The van der Waals surface area contributed by atoms with E-state index in [9.17, 15) is 4.79 Å².